The standard InChI is InChI=1S/C20H25N3O4S2/c1-14-6-8-16(9-7-14)21-29(26,27)17-10-12-28-18(17)20(25)23-11-4-5-15(13-23)19(24)22(2)3/h6-10,12,15,21H,4-5,11,13H2,1-3H3. The molecule has 0 radical (unpaired) electrons. The Labute approximate surface area is 175 Å². The summed E-state index contributed by atoms with van der Waals surface area (Å²) >= 11 is 1.10. The van der Waals surface area contributed by atoms with Gasteiger partial charge in [-0.25, -0.2) is 8.42 Å². The van der Waals surface area contributed by atoms with Crippen molar-refractivity contribution in [2.45, 2.75) is 24.7 Å². The second-order valence-electron chi connectivity index (χ2n) is 7.41. The zero-order chi connectivity index (χ0) is 21.2. The van der Waals surface area contributed by atoms with Gasteiger partial charge < -0.3 is 9.80 Å². The van der Waals surface area contributed by atoms with Gasteiger partial charge in [0.05, 0.1) is 5.92 Å². The van der Waals surface area contributed by atoms with Gasteiger partial charge in [0.15, 0.2) is 0 Å². The van der Waals surface area contributed by atoms with Crippen LogP contribution in [-0.4, -0.2) is 57.2 Å². The molecule has 156 valence electrons. The minimum Gasteiger partial charge on any atom is -0.349 e. The van der Waals surface area contributed by atoms with Crippen LogP contribution in [0.5, 0.6) is 0 Å². The average molecular weight is 436 g/mol. The molecule has 2 aromatic rings. The quantitative estimate of drug-likeness (QED) is 0.782. The van der Waals surface area contributed by atoms with E-state index in [9.17, 15) is 18.0 Å². The number of carbonyl (C=O) groups is 2. The molecular formula is C20H25N3O4S2. The Morgan fingerprint density at radius 3 is 2.52 bits per heavy atom. The van der Waals surface area contributed by atoms with Crippen molar-refractivity contribution in [1.82, 2.24) is 9.80 Å². The number of hydrogen-bond donors (Lipinski definition) is 1. The zero-order valence-corrected chi connectivity index (χ0v) is 18.3. The van der Waals surface area contributed by atoms with E-state index < -0.39 is 10.0 Å². The first kappa shape index (κ1) is 21.3. The molecule has 0 saturated carbocycles. The van der Waals surface area contributed by atoms with Crippen molar-refractivity contribution in [2.75, 3.05) is 31.9 Å². The van der Waals surface area contributed by atoms with Gasteiger partial charge in [-0.3, -0.25) is 14.3 Å². The normalized spacial score (nSPS) is 17.1. The summed E-state index contributed by atoms with van der Waals surface area (Å²) in [6, 6.07) is 8.44. The molecule has 0 spiro atoms. The van der Waals surface area contributed by atoms with Gasteiger partial charge in [0.25, 0.3) is 15.9 Å². The highest BCUT2D eigenvalue weighted by Gasteiger charge is 2.33. The van der Waals surface area contributed by atoms with E-state index >= 15 is 0 Å². The number of benzene rings is 1. The molecule has 29 heavy (non-hydrogen) atoms. The highest BCUT2D eigenvalue weighted by Crippen LogP contribution is 2.28. The van der Waals surface area contributed by atoms with Gasteiger partial charge in [-0.05, 0) is 43.3 Å². The van der Waals surface area contributed by atoms with E-state index in [2.05, 4.69) is 4.72 Å². The molecular weight excluding hydrogens is 410 g/mol. The maximum absolute atomic E-state index is 13.1. The number of nitrogens with zero attached hydrogens (tertiary/aromatic N) is 2. The Morgan fingerprint density at radius 2 is 1.86 bits per heavy atom. The molecule has 1 aliphatic heterocycles. The van der Waals surface area contributed by atoms with Crippen molar-refractivity contribution < 1.29 is 18.0 Å². The van der Waals surface area contributed by atoms with Crippen molar-refractivity contribution >= 4 is 38.9 Å². The lowest BCUT2D eigenvalue weighted by Crippen LogP contribution is -2.45. The molecule has 0 aliphatic carbocycles. The maximum Gasteiger partial charge on any atom is 0.265 e. The summed E-state index contributed by atoms with van der Waals surface area (Å²) in [4.78, 5) is 28.6. The van der Waals surface area contributed by atoms with Crippen LogP contribution >= 0.6 is 11.3 Å². The minimum atomic E-state index is -3.90. The summed E-state index contributed by atoms with van der Waals surface area (Å²) in [5.41, 5.74) is 1.46. The Hall–Kier alpha value is -2.39. The van der Waals surface area contributed by atoms with E-state index in [1.54, 1.807) is 36.5 Å². The number of sulfonamides is 1. The van der Waals surface area contributed by atoms with Crippen LogP contribution in [0.25, 0.3) is 0 Å². The van der Waals surface area contributed by atoms with Gasteiger partial charge in [-0.15, -0.1) is 11.3 Å². The second-order valence-corrected chi connectivity index (χ2v) is 9.98. The third-order valence-corrected chi connectivity index (χ3v) is 7.37. The number of aryl methyl sites for hydroxylation is 1. The first-order chi connectivity index (χ1) is 13.7. The van der Waals surface area contributed by atoms with Crippen LogP contribution in [0.3, 0.4) is 0 Å². The summed E-state index contributed by atoms with van der Waals surface area (Å²) in [6.45, 7) is 2.73. The molecule has 1 fully saturated rings. The number of amides is 2. The fourth-order valence-electron chi connectivity index (χ4n) is 3.37. The predicted octanol–water partition coefficient (Wildman–Crippen LogP) is 2.80. The molecule has 2 heterocycles. The van der Waals surface area contributed by atoms with Gasteiger partial charge in [0, 0.05) is 32.9 Å². The maximum atomic E-state index is 13.1. The van der Waals surface area contributed by atoms with Crippen molar-refractivity contribution in [3.63, 3.8) is 0 Å². The average Bonchev–Trinajstić information content (AvgIpc) is 3.19. The highest BCUT2D eigenvalue weighted by molar-refractivity contribution is 7.93. The smallest absolute Gasteiger partial charge is 0.265 e. The van der Waals surface area contributed by atoms with E-state index in [0.717, 1.165) is 23.3 Å². The topological polar surface area (TPSA) is 86.8 Å². The van der Waals surface area contributed by atoms with Crippen LogP contribution in [-0.2, 0) is 14.8 Å². The minimum absolute atomic E-state index is 0.0115. The van der Waals surface area contributed by atoms with E-state index in [1.165, 1.54) is 11.0 Å². The zero-order valence-electron chi connectivity index (χ0n) is 16.7. The molecule has 1 aliphatic rings. The Balaban J connectivity index is 1.80. The van der Waals surface area contributed by atoms with E-state index in [0.29, 0.717) is 25.2 Å². The van der Waals surface area contributed by atoms with Gasteiger partial charge in [-0.1, -0.05) is 17.7 Å². The summed E-state index contributed by atoms with van der Waals surface area (Å²) in [5.74, 6) is -0.614. The van der Waals surface area contributed by atoms with Crippen LogP contribution in [0.2, 0.25) is 0 Å². The number of piperidine rings is 1. The lowest BCUT2D eigenvalue weighted by Gasteiger charge is -2.33. The van der Waals surface area contributed by atoms with Crippen LogP contribution < -0.4 is 4.72 Å². The summed E-state index contributed by atoms with van der Waals surface area (Å²) in [5, 5.41) is 1.60. The number of likely N-dealkylation sites (tertiary alicyclic amines) is 1. The third-order valence-electron chi connectivity index (χ3n) is 4.92. The Morgan fingerprint density at radius 1 is 1.17 bits per heavy atom. The SMILES string of the molecule is Cc1ccc(NS(=O)(=O)c2ccsc2C(=O)N2CCCC(C(=O)N(C)C)C2)cc1. The van der Waals surface area contributed by atoms with Crippen LogP contribution in [0, 0.1) is 12.8 Å². The third kappa shape index (κ3) is 4.79. The number of carbonyl (C=O) groups excluding carboxylic acids is 2. The van der Waals surface area contributed by atoms with Crippen molar-refractivity contribution in [2.24, 2.45) is 5.92 Å². The van der Waals surface area contributed by atoms with E-state index in [4.69, 9.17) is 0 Å². The molecule has 1 unspecified atom stereocenters. The van der Waals surface area contributed by atoms with Crippen molar-refractivity contribution in [3.05, 3.63) is 46.2 Å². The van der Waals surface area contributed by atoms with Crippen LogP contribution in [0.4, 0.5) is 5.69 Å². The highest BCUT2D eigenvalue weighted by atomic mass is 32.2. The molecule has 1 N–H and O–H groups in total. The summed E-state index contributed by atoms with van der Waals surface area (Å²) in [7, 11) is -0.506. The lowest BCUT2D eigenvalue weighted by molar-refractivity contribution is -0.134. The molecule has 9 heteroatoms. The first-order valence-electron chi connectivity index (χ1n) is 9.36. The van der Waals surface area contributed by atoms with Crippen LogP contribution in [0.1, 0.15) is 28.1 Å². The van der Waals surface area contributed by atoms with E-state index in [1.807, 2.05) is 19.1 Å². The number of anilines is 1. The van der Waals surface area contributed by atoms with Gasteiger partial charge in [-0.2, -0.15) is 0 Å². The van der Waals surface area contributed by atoms with Crippen LogP contribution in [0.15, 0.2) is 40.6 Å². The Kier molecular flexibility index (Phi) is 6.28. The van der Waals surface area contributed by atoms with Crippen molar-refractivity contribution in [1.29, 1.82) is 0 Å². The molecule has 0 bridgehead atoms. The number of nitrogens with one attached hydrogen (secondary N) is 1. The number of rotatable bonds is 5. The van der Waals surface area contributed by atoms with Crippen molar-refractivity contribution in [3.8, 4) is 0 Å². The fourth-order valence-corrected chi connectivity index (χ4v) is 5.82. The molecule has 1 atom stereocenters. The molecule has 1 aromatic carbocycles. The van der Waals surface area contributed by atoms with E-state index in [-0.39, 0.29) is 27.5 Å². The molecule has 7 nitrogen and oxygen atoms in total. The first-order valence-corrected chi connectivity index (χ1v) is 11.7. The predicted molar refractivity (Wildman–Crippen MR) is 114 cm³/mol. The fraction of sp³-hybridized carbons (Fsp3) is 0.400. The lowest BCUT2D eigenvalue weighted by atomic mass is 9.96. The molecule has 3 rings (SSSR count). The largest absolute Gasteiger partial charge is 0.349 e. The summed E-state index contributed by atoms with van der Waals surface area (Å²) < 4.78 is 28.3. The van der Waals surface area contributed by atoms with Gasteiger partial charge in [0.1, 0.15) is 9.77 Å². The summed E-state index contributed by atoms with van der Waals surface area (Å²) in [6.07, 6.45) is 1.44. The number of hydrogen-bond acceptors (Lipinski definition) is 5. The second kappa shape index (κ2) is 8.54. The Bertz CT molecular complexity index is 997. The molecule has 1 saturated heterocycles. The number of thiophene rings is 1. The van der Waals surface area contributed by atoms with Gasteiger partial charge >= 0.3 is 0 Å². The van der Waals surface area contributed by atoms with Gasteiger partial charge in [0.2, 0.25) is 5.91 Å². The molecule has 2 amide bonds. The molecule has 1 aromatic heterocycles. The monoisotopic (exact) mass is 435 g/mol.